The Hall–Kier alpha value is -3.35. The summed E-state index contributed by atoms with van der Waals surface area (Å²) in [5, 5.41) is 18.9. The van der Waals surface area contributed by atoms with Crippen molar-refractivity contribution in [3.05, 3.63) is 76.9 Å². The van der Waals surface area contributed by atoms with Crippen LogP contribution in [-0.4, -0.2) is 35.4 Å². The zero-order chi connectivity index (χ0) is 21.6. The zero-order valence-electron chi connectivity index (χ0n) is 18.4. The normalized spacial score (nSPS) is 11.4. The molecule has 0 unspecified atom stereocenters. The third-order valence-electron chi connectivity index (χ3n) is 5.17. The molecule has 0 aliphatic heterocycles. The summed E-state index contributed by atoms with van der Waals surface area (Å²) in [5.74, 6) is 3.28. The lowest BCUT2D eigenvalue weighted by Gasteiger charge is -2.09. The number of tetrazole rings is 1. The summed E-state index contributed by atoms with van der Waals surface area (Å²) in [5.41, 5.74) is 4.72. The molecule has 0 spiro atoms. The number of nitrogens with one attached hydrogen (secondary N) is 1. The molecule has 4 aromatic rings. The van der Waals surface area contributed by atoms with E-state index in [1.54, 1.807) is 0 Å². The SMILES string of the molecule is CCCc1nc(CC(C)C)n(Cc2ccc(Cc3cccc(-c4nnn[nH]4)c3)cc2)n1. The van der Waals surface area contributed by atoms with Crippen LogP contribution in [0.2, 0.25) is 0 Å². The number of H-pyrrole nitrogens is 1. The summed E-state index contributed by atoms with van der Waals surface area (Å²) in [6.07, 6.45) is 3.80. The number of benzene rings is 2. The average Bonchev–Trinajstić information content (AvgIpc) is 3.40. The van der Waals surface area contributed by atoms with Crippen molar-refractivity contribution in [2.45, 2.75) is 53.0 Å². The first-order valence-corrected chi connectivity index (χ1v) is 10.9. The van der Waals surface area contributed by atoms with Gasteiger partial charge in [-0.3, -0.25) is 0 Å². The molecule has 1 N–H and O–H groups in total. The number of aryl methyl sites for hydroxylation is 1. The maximum atomic E-state index is 4.77. The molecular formula is C24H29N7. The molecule has 0 aliphatic carbocycles. The molecule has 0 aliphatic rings. The van der Waals surface area contributed by atoms with Crippen LogP contribution in [0.4, 0.5) is 0 Å². The Morgan fingerprint density at radius 3 is 2.52 bits per heavy atom. The Morgan fingerprint density at radius 1 is 1.00 bits per heavy atom. The first kappa shape index (κ1) is 20.9. The van der Waals surface area contributed by atoms with Crippen LogP contribution < -0.4 is 0 Å². The second-order valence-electron chi connectivity index (χ2n) is 8.39. The van der Waals surface area contributed by atoms with Gasteiger partial charge in [-0.05, 0) is 51.9 Å². The quantitative estimate of drug-likeness (QED) is 0.442. The van der Waals surface area contributed by atoms with E-state index in [9.17, 15) is 0 Å². The number of aromatic nitrogens is 7. The minimum Gasteiger partial charge on any atom is -0.245 e. The highest BCUT2D eigenvalue weighted by Crippen LogP contribution is 2.18. The molecule has 0 saturated heterocycles. The zero-order valence-corrected chi connectivity index (χ0v) is 18.4. The fourth-order valence-electron chi connectivity index (χ4n) is 3.68. The highest BCUT2D eigenvalue weighted by atomic mass is 15.5. The minimum atomic E-state index is 0.559. The van der Waals surface area contributed by atoms with Gasteiger partial charge in [0.1, 0.15) is 5.82 Å². The molecule has 0 atom stereocenters. The van der Waals surface area contributed by atoms with E-state index in [4.69, 9.17) is 10.1 Å². The maximum Gasteiger partial charge on any atom is 0.179 e. The van der Waals surface area contributed by atoms with Crippen LogP contribution in [-0.2, 0) is 25.8 Å². The van der Waals surface area contributed by atoms with Crippen LogP contribution in [0.15, 0.2) is 48.5 Å². The number of aromatic amines is 1. The van der Waals surface area contributed by atoms with E-state index in [1.165, 1.54) is 16.7 Å². The molecule has 0 bridgehead atoms. The maximum absolute atomic E-state index is 4.77. The van der Waals surface area contributed by atoms with Crippen LogP contribution in [0.25, 0.3) is 11.4 Å². The predicted octanol–water partition coefficient (Wildman–Crippen LogP) is 4.25. The second-order valence-corrected chi connectivity index (χ2v) is 8.39. The van der Waals surface area contributed by atoms with Gasteiger partial charge in [0, 0.05) is 18.4 Å². The molecule has 2 aromatic heterocycles. The summed E-state index contributed by atoms with van der Waals surface area (Å²) in [7, 11) is 0. The molecule has 160 valence electrons. The number of hydrogen-bond donors (Lipinski definition) is 1. The van der Waals surface area contributed by atoms with Crippen molar-refractivity contribution in [1.82, 2.24) is 35.4 Å². The summed E-state index contributed by atoms with van der Waals surface area (Å²) in [6.45, 7) is 7.37. The first-order valence-electron chi connectivity index (χ1n) is 10.9. The molecule has 31 heavy (non-hydrogen) atoms. The Kier molecular flexibility index (Phi) is 6.50. The van der Waals surface area contributed by atoms with Crippen molar-refractivity contribution in [2.75, 3.05) is 0 Å². The van der Waals surface area contributed by atoms with E-state index in [0.29, 0.717) is 11.7 Å². The molecular weight excluding hydrogens is 386 g/mol. The third-order valence-corrected chi connectivity index (χ3v) is 5.17. The van der Waals surface area contributed by atoms with Gasteiger partial charge in [0.05, 0.1) is 6.54 Å². The number of nitrogens with zero attached hydrogens (tertiary/aromatic N) is 6. The van der Waals surface area contributed by atoms with Crippen molar-refractivity contribution < 1.29 is 0 Å². The van der Waals surface area contributed by atoms with Crippen LogP contribution in [0.5, 0.6) is 0 Å². The lowest BCUT2D eigenvalue weighted by Crippen LogP contribution is -2.09. The van der Waals surface area contributed by atoms with Crippen molar-refractivity contribution in [1.29, 1.82) is 0 Å². The summed E-state index contributed by atoms with van der Waals surface area (Å²) < 4.78 is 2.08. The van der Waals surface area contributed by atoms with E-state index in [0.717, 1.165) is 49.4 Å². The van der Waals surface area contributed by atoms with Crippen LogP contribution in [0.1, 0.15) is 55.5 Å². The van der Waals surface area contributed by atoms with Gasteiger partial charge < -0.3 is 0 Å². The van der Waals surface area contributed by atoms with E-state index >= 15 is 0 Å². The fourth-order valence-corrected chi connectivity index (χ4v) is 3.68. The van der Waals surface area contributed by atoms with E-state index in [1.807, 2.05) is 12.1 Å². The molecule has 0 amide bonds. The lowest BCUT2D eigenvalue weighted by molar-refractivity contribution is 0.562. The smallest absolute Gasteiger partial charge is 0.179 e. The highest BCUT2D eigenvalue weighted by Gasteiger charge is 2.12. The standard InChI is InChI=1S/C24H29N7/c1-4-6-22-25-23(13-17(2)3)31(28-22)16-19-11-9-18(10-12-19)14-20-7-5-8-21(15-20)24-26-29-30-27-24/h5,7-12,15,17H,4,6,13-14,16H2,1-3H3,(H,26,27,29,30). The van der Waals surface area contributed by atoms with Gasteiger partial charge in [0.15, 0.2) is 11.6 Å². The fraction of sp³-hybridized carbons (Fsp3) is 0.375. The Labute approximate surface area is 182 Å². The number of rotatable bonds is 9. The van der Waals surface area contributed by atoms with Gasteiger partial charge in [0.25, 0.3) is 0 Å². The molecule has 0 saturated carbocycles. The number of hydrogen-bond acceptors (Lipinski definition) is 5. The summed E-state index contributed by atoms with van der Waals surface area (Å²) in [4.78, 5) is 4.77. The largest absolute Gasteiger partial charge is 0.245 e. The van der Waals surface area contributed by atoms with Gasteiger partial charge >= 0.3 is 0 Å². The van der Waals surface area contributed by atoms with Crippen molar-refractivity contribution in [3.63, 3.8) is 0 Å². The predicted molar refractivity (Wildman–Crippen MR) is 121 cm³/mol. The second kappa shape index (κ2) is 9.64. The van der Waals surface area contributed by atoms with E-state index < -0.39 is 0 Å². The van der Waals surface area contributed by atoms with E-state index in [2.05, 4.69) is 82.5 Å². The van der Waals surface area contributed by atoms with Crippen molar-refractivity contribution >= 4 is 0 Å². The topological polar surface area (TPSA) is 85.2 Å². The Balaban J connectivity index is 1.46. The summed E-state index contributed by atoms with van der Waals surface area (Å²) in [6, 6.07) is 17.1. The van der Waals surface area contributed by atoms with Gasteiger partial charge in [-0.25, -0.2) is 14.8 Å². The average molecular weight is 416 g/mol. The molecule has 0 radical (unpaired) electrons. The molecule has 7 heteroatoms. The van der Waals surface area contributed by atoms with E-state index in [-0.39, 0.29) is 0 Å². The van der Waals surface area contributed by atoms with Crippen LogP contribution in [0, 0.1) is 5.92 Å². The third kappa shape index (κ3) is 5.42. The van der Waals surface area contributed by atoms with Crippen LogP contribution >= 0.6 is 0 Å². The molecule has 2 aromatic carbocycles. The molecule has 2 heterocycles. The van der Waals surface area contributed by atoms with Crippen LogP contribution in [0.3, 0.4) is 0 Å². The highest BCUT2D eigenvalue weighted by molar-refractivity contribution is 5.55. The van der Waals surface area contributed by atoms with Gasteiger partial charge in [0.2, 0.25) is 0 Å². The lowest BCUT2D eigenvalue weighted by atomic mass is 10.0. The Morgan fingerprint density at radius 2 is 1.81 bits per heavy atom. The van der Waals surface area contributed by atoms with Gasteiger partial charge in [-0.2, -0.15) is 5.10 Å². The molecule has 7 nitrogen and oxygen atoms in total. The summed E-state index contributed by atoms with van der Waals surface area (Å²) >= 11 is 0. The Bertz CT molecular complexity index is 1100. The molecule has 4 rings (SSSR count). The monoisotopic (exact) mass is 415 g/mol. The van der Waals surface area contributed by atoms with Crippen molar-refractivity contribution in [3.8, 4) is 11.4 Å². The van der Waals surface area contributed by atoms with Gasteiger partial charge in [-0.1, -0.05) is 63.2 Å². The first-order chi connectivity index (χ1) is 15.1. The van der Waals surface area contributed by atoms with Crippen molar-refractivity contribution in [2.24, 2.45) is 5.92 Å². The molecule has 0 fully saturated rings. The van der Waals surface area contributed by atoms with Gasteiger partial charge in [-0.15, -0.1) is 5.10 Å². The minimum absolute atomic E-state index is 0.559.